The van der Waals surface area contributed by atoms with Gasteiger partial charge in [0, 0.05) is 24.6 Å². The number of urea groups is 1. The molecule has 22 heavy (non-hydrogen) atoms. The highest BCUT2D eigenvalue weighted by atomic mass is 16.2. The van der Waals surface area contributed by atoms with E-state index >= 15 is 0 Å². The largest absolute Gasteiger partial charge is 0.338 e. The number of fused-ring (bicyclic) bond motifs is 1. The lowest BCUT2D eigenvalue weighted by atomic mass is 10.2. The zero-order valence-electron chi connectivity index (χ0n) is 11.9. The molecule has 2 aromatic heterocycles. The average Bonchev–Trinajstić information content (AvgIpc) is 3.00. The molecule has 3 rings (SSSR count). The number of hydrogen-bond acceptors (Lipinski definition) is 4. The highest BCUT2D eigenvalue weighted by Gasteiger charge is 2.02. The second-order valence-electron chi connectivity index (χ2n) is 4.82. The molecule has 0 aliphatic heterocycles. The highest BCUT2D eigenvalue weighted by molar-refractivity contribution is 5.89. The average molecular weight is 296 g/mol. The zero-order valence-corrected chi connectivity index (χ0v) is 11.9. The Bertz CT molecular complexity index is 755. The lowest BCUT2D eigenvalue weighted by Gasteiger charge is -2.07. The van der Waals surface area contributed by atoms with Gasteiger partial charge in [-0.15, -0.1) is 0 Å². The number of aromatic nitrogens is 4. The number of amides is 2. The molecule has 0 unspecified atom stereocenters. The summed E-state index contributed by atoms with van der Waals surface area (Å²) in [4.78, 5) is 19.9. The Morgan fingerprint density at radius 3 is 2.91 bits per heavy atom. The van der Waals surface area contributed by atoms with Gasteiger partial charge in [0.1, 0.15) is 6.33 Å². The maximum atomic E-state index is 11.7. The Morgan fingerprint density at radius 1 is 1.18 bits per heavy atom. The van der Waals surface area contributed by atoms with E-state index in [1.807, 2.05) is 36.5 Å². The lowest BCUT2D eigenvalue weighted by molar-refractivity contribution is 0.252. The van der Waals surface area contributed by atoms with Crippen LogP contribution in [0.5, 0.6) is 0 Å². The molecule has 0 radical (unpaired) electrons. The fraction of sp³-hybridized carbons (Fsp3) is 0.200. The molecule has 0 saturated carbocycles. The van der Waals surface area contributed by atoms with E-state index in [4.69, 9.17) is 0 Å². The molecule has 0 aliphatic rings. The van der Waals surface area contributed by atoms with Crippen LogP contribution in [0.15, 0.2) is 49.1 Å². The Hall–Kier alpha value is -2.96. The lowest BCUT2D eigenvalue weighted by Crippen LogP contribution is -2.29. The van der Waals surface area contributed by atoms with Crippen molar-refractivity contribution in [2.24, 2.45) is 0 Å². The minimum atomic E-state index is -0.198. The molecule has 0 fully saturated rings. The van der Waals surface area contributed by atoms with Crippen molar-refractivity contribution in [3.05, 3.63) is 54.6 Å². The van der Waals surface area contributed by atoms with Crippen LogP contribution >= 0.6 is 0 Å². The highest BCUT2D eigenvalue weighted by Crippen LogP contribution is 2.05. The van der Waals surface area contributed by atoms with Crippen LogP contribution in [0, 0.1) is 0 Å². The number of anilines is 1. The Morgan fingerprint density at radius 2 is 2.05 bits per heavy atom. The van der Waals surface area contributed by atoms with E-state index in [0.717, 1.165) is 24.1 Å². The Balaban J connectivity index is 1.42. The second-order valence-corrected chi connectivity index (χ2v) is 4.82. The molecule has 2 N–H and O–H groups in total. The quantitative estimate of drug-likeness (QED) is 0.704. The van der Waals surface area contributed by atoms with Crippen molar-refractivity contribution in [2.75, 3.05) is 11.9 Å². The summed E-state index contributed by atoms with van der Waals surface area (Å²) in [6, 6.07) is 9.16. The summed E-state index contributed by atoms with van der Waals surface area (Å²) in [7, 11) is 0. The van der Waals surface area contributed by atoms with Gasteiger partial charge in [-0.25, -0.2) is 14.3 Å². The molecule has 0 aliphatic carbocycles. The number of para-hydroxylation sites is 1. The number of carbonyl (C=O) groups excluding carboxylic acids is 1. The van der Waals surface area contributed by atoms with Gasteiger partial charge >= 0.3 is 6.03 Å². The fourth-order valence-corrected chi connectivity index (χ4v) is 2.08. The van der Waals surface area contributed by atoms with E-state index in [2.05, 4.69) is 25.7 Å². The molecule has 7 nitrogen and oxygen atoms in total. The van der Waals surface area contributed by atoms with Crippen molar-refractivity contribution in [1.29, 1.82) is 0 Å². The minimum Gasteiger partial charge on any atom is -0.338 e. The van der Waals surface area contributed by atoms with Crippen LogP contribution in [-0.2, 0) is 6.42 Å². The molecule has 0 saturated heterocycles. The van der Waals surface area contributed by atoms with Gasteiger partial charge < -0.3 is 10.6 Å². The van der Waals surface area contributed by atoms with Crippen molar-refractivity contribution in [1.82, 2.24) is 24.9 Å². The van der Waals surface area contributed by atoms with Gasteiger partial charge in [-0.3, -0.25) is 0 Å². The summed E-state index contributed by atoms with van der Waals surface area (Å²) in [6.45, 7) is 0.591. The topological polar surface area (TPSA) is 84.2 Å². The van der Waals surface area contributed by atoms with Crippen LogP contribution in [0.4, 0.5) is 10.5 Å². The zero-order chi connectivity index (χ0) is 15.2. The maximum Gasteiger partial charge on any atom is 0.319 e. The van der Waals surface area contributed by atoms with E-state index in [9.17, 15) is 4.79 Å². The van der Waals surface area contributed by atoms with Crippen LogP contribution in [0.1, 0.15) is 12.0 Å². The number of hydrogen-bond donors (Lipinski definition) is 2. The molecule has 7 heteroatoms. The third kappa shape index (κ3) is 3.57. The van der Waals surface area contributed by atoms with Gasteiger partial charge in [-0.05, 0) is 30.5 Å². The molecule has 0 atom stereocenters. The first-order valence-corrected chi connectivity index (χ1v) is 7.05. The molecule has 0 bridgehead atoms. The van der Waals surface area contributed by atoms with Crippen LogP contribution in [0.2, 0.25) is 0 Å². The Kier molecular flexibility index (Phi) is 4.24. The molecule has 3 aromatic rings. The monoisotopic (exact) mass is 296 g/mol. The molecule has 2 amide bonds. The number of benzene rings is 1. The third-order valence-electron chi connectivity index (χ3n) is 3.15. The third-order valence-corrected chi connectivity index (χ3v) is 3.15. The first kappa shape index (κ1) is 14.0. The molecular formula is C15H16N6O. The molecule has 0 spiro atoms. The molecular weight excluding hydrogens is 280 g/mol. The minimum absolute atomic E-state index is 0.198. The summed E-state index contributed by atoms with van der Waals surface area (Å²) in [5.74, 6) is 0.587. The normalized spacial score (nSPS) is 10.5. The number of aryl methyl sites for hydroxylation is 1. The maximum absolute atomic E-state index is 11.7. The van der Waals surface area contributed by atoms with E-state index in [-0.39, 0.29) is 6.03 Å². The molecule has 1 aromatic carbocycles. The van der Waals surface area contributed by atoms with E-state index in [1.54, 1.807) is 10.7 Å². The van der Waals surface area contributed by atoms with Crippen molar-refractivity contribution in [3.63, 3.8) is 0 Å². The van der Waals surface area contributed by atoms with Crippen molar-refractivity contribution in [3.8, 4) is 0 Å². The van der Waals surface area contributed by atoms with Gasteiger partial charge in [0.2, 0.25) is 0 Å². The second kappa shape index (κ2) is 6.66. The first-order valence-electron chi connectivity index (χ1n) is 7.05. The Labute approximate surface area is 127 Å². The van der Waals surface area contributed by atoms with Crippen LogP contribution in [-0.4, -0.2) is 32.2 Å². The number of rotatable bonds is 5. The van der Waals surface area contributed by atoms with E-state index in [1.165, 1.54) is 6.33 Å². The van der Waals surface area contributed by atoms with Crippen molar-refractivity contribution >= 4 is 17.5 Å². The molecule has 112 valence electrons. The van der Waals surface area contributed by atoms with Crippen LogP contribution in [0.25, 0.3) is 5.78 Å². The number of nitrogens with zero attached hydrogens (tertiary/aromatic N) is 4. The predicted octanol–water partition coefficient (Wildman–Crippen LogP) is 1.88. The number of nitrogens with one attached hydrogen (secondary N) is 2. The first-order chi connectivity index (χ1) is 10.8. The standard InChI is InChI=1S/C15H16N6O/c22-15(20-13-6-2-1-3-7-13)16-8-4-5-12-9-17-14-18-11-19-21(14)10-12/h1-3,6-7,9-11H,4-5,8H2,(H2,16,20,22). The van der Waals surface area contributed by atoms with E-state index < -0.39 is 0 Å². The summed E-state index contributed by atoms with van der Waals surface area (Å²) in [5.41, 5.74) is 1.84. The molecule has 2 heterocycles. The number of carbonyl (C=O) groups is 1. The van der Waals surface area contributed by atoms with E-state index in [0.29, 0.717) is 12.3 Å². The van der Waals surface area contributed by atoms with Gasteiger partial charge in [0.15, 0.2) is 0 Å². The van der Waals surface area contributed by atoms with Crippen LogP contribution in [0.3, 0.4) is 0 Å². The van der Waals surface area contributed by atoms with Crippen molar-refractivity contribution in [2.45, 2.75) is 12.8 Å². The van der Waals surface area contributed by atoms with Gasteiger partial charge in [-0.1, -0.05) is 18.2 Å². The summed E-state index contributed by atoms with van der Waals surface area (Å²) < 4.78 is 1.64. The summed E-state index contributed by atoms with van der Waals surface area (Å²) in [6.07, 6.45) is 6.80. The summed E-state index contributed by atoms with van der Waals surface area (Å²) in [5, 5.41) is 9.65. The van der Waals surface area contributed by atoms with Crippen LogP contribution < -0.4 is 10.6 Å². The van der Waals surface area contributed by atoms with Crippen molar-refractivity contribution < 1.29 is 4.79 Å². The van der Waals surface area contributed by atoms with Gasteiger partial charge in [0.05, 0.1) is 0 Å². The van der Waals surface area contributed by atoms with Gasteiger partial charge in [-0.2, -0.15) is 10.1 Å². The fourth-order valence-electron chi connectivity index (χ4n) is 2.08. The predicted molar refractivity (Wildman–Crippen MR) is 82.6 cm³/mol. The SMILES string of the molecule is O=C(NCCCc1cnc2ncnn2c1)Nc1ccccc1. The van der Waals surface area contributed by atoms with Gasteiger partial charge in [0.25, 0.3) is 5.78 Å². The smallest absolute Gasteiger partial charge is 0.319 e. The summed E-state index contributed by atoms with van der Waals surface area (Å²) >= 11 is 0.